The number of nitrogens with one attached hydrogen (secondary N) is 2. The summed E-state index contributed by atoms with van der Waals surface area (Å²) in [6.45, 7) is 11.6. The summed E-state index contributed by atoms with van der Waals surface area (Å²) in [4.78, 5) is 68.4. The molecule has 3 heterocycles. The van der Waals surface area contributed by atoms with Crippen molar-refractivity contribution in [3.63, 3.8) is 0 Å². The Morgan fingerprint density at radius 2 is 1.89 bits per heavy atom. The number of rotatable bonds is 4. The highest BCUT2D eigenvalue weighted by Crippen LogP contribution is 2.68. The van der Waals surface area contributed by atoms with Crippen molar-refractivity contribution < 1.29 is 38.1 Å². The topological polar surface area (TPSA) is 155 Å². The van der Waals surface area contributed by atoms with Gasteiger partial charge in [-0.05, 0) is 59.6 Å². The Morgan fingerprint density at radius 3 is 2.55 bits per heavy atom. The average Bonchev–Trinajstić information content (AvgIpc) is 3.31. The molecule has 4 aliphatic rings. The molecule has 13 heteroatoms. The van der Waals surface area contributed by atoms with E-state index in [1.54, 1.807) is 4.90 Å². The minimum Gasteiger partial charge on any atom is -0.449 e. The van der Waals surface area contributed by atoms with Crippen molar-refractivity contribution in [3.05, 3.63) is 34.9 Å². The first kappa shape index (κ1) is 35.2. The van der Waals surface area contributed by atoms with E-state index in [2.05, 4.69) is 16.7 Å². The molecule has 4 bridgehead atoms. The van der Waals surface area contributed by atoms with Crippen LogP contribution in [0, 0.1) is 17.3 Å². The molecule has 2 fully saturated rings. The fourth-order valence-electron chi connectivity index (χ4n) is 7.39. The number of nitrogens with zero attached hydrogens (tertiary/aromatic N) is 2. The van der Waals surface area contributed by atoms with Crippen molar-refractivity contribution in [2.75, 3.05) is 19.8 Å². The minimum atomic E-state index is -3.74. The lowest BCUT2D eigenvalue weighted by Crippen LogP contribution is -2.58. The van der Waals surface area contributed by atoms with Crippen LogP contribution in [0.3, 0.4) is 0 Å². The average molecular weight is 675 g/mol. The van der Waals surface area contributed by atoms with Crippen LogP contribution in [-0.2, 0) is 43.1 Å². The van der Waals surface area contributed by atoms with Gasteiger partial charge in [0, 0.05) is 26.2 Å². The summed E-state index contributed by atoms with van der Waals surface area (Å²) in [7, 11) is -3.74. The molecule has 260 valence electrons. The zero-order chi connectivity index (χ0) is 34.3. The fourth-order valence-corrected chi connectivity index (χ4v) is 9.13. The number of cyclic esters (lactones) is 1. The molecule has 5 rings (SSSR count). The van der Waals surface area contributed by atoms with E-state index in [0.717, 1.165) is 36.8 Å². The molecule has 1 aromatic rings. The van der Waals surface area contributed by atoms with Crippen LogP contribution < -0.4 is 10.6 Å². The number of carbonyl (C=O) groups excluding carboxylic acids is 4. The Hall–Kier alpha value is -3.11. The molecule has 3 N–H and O–H groups in total. The second-order valence-electron chi connectivity index (χ2n) is 15.2. The van der Waals surface area contributed by atoms with Gasteiger partial charge in [-0.15, -0.1) is 0 Å². The lowest BCUT2D eigenvalue weighted by Gasteiger charge is -2.35. The SMILES string of the molecule is CC[C@@H]1C[C@]1(NC(=O)[C@@H]1C[C@@H]2CN1C(=O)[C@H](C(C)(C)C)NC(=O)OC[C@@H](C)CCCCc1cccc3c1CN(C3)C(=O)O2)P(C)(=O)O. The third-order valence-corrected chi connectivity index (χ3v) is 12.5. The second kappa shape index (κ2) is 13.4. The van der Waals surface area contributed by atoms with Gasteiger partial charge in [0.15, 0.2) is 0 Å². The van der Waals surface area contributed by atoms with E-state index in [-0.39, 0.29) is 31.4 Å². The normalized spacial score (nSPS) is 31.7. The Labute approximate surface area is 277 Å². The maximum atomic E-state index is 14.3. The summed E-state index contributed by atoms with van der Waals surface area (Å²) >= 11 is 0. The lowest BCUT2D eigenvalue weighted by atomic mass is 9.85. The third-order valence-electron chi connectivity index (χ3n) is 10.4. The van der Waals surface area contributed by atoms with E-state index in [0.29, 0.717) is 25.9 Å². The molecule has 12 nitrogen and oxygen atoms in total. The van der Waals surface area contributed by atoms with Crippen molar-refractivity contribution >= 4 is 31.4 Å². The van der Waals surface area contributed by atoms with Gasteiger partial charge in [0.1, 0.15) is 23.5 Å². The Morgan fingerprint density at radius 1 is 1.17 bits per heavy atom. The van der Waals surface area contributed by atoms with E-state index in [1.807, 2.05) is 46.8 Å². The van der Waals surface area contributed by atoms with E-state index in [9.17, 15) is 28.6 Å². The first-order valence-corrected chi connectivity index (χ1v) is 19.1. The molecule has 3 aliphatic heterocycles. The number of aryl methyl sites for hydroxylation is 1. The summed E-state index contributed by atoms with van der Waals surface area (Å²) in [5, 5.41) is 4.33. The van der Waals surface area contributed by atoms with Gasteiger partial charge in [-0.3, -0.25) is 19.1 Å². The molecule has 1 aromatic carbocycles. The van der Waals surface area contributed by atoms with Crippen LogP contribution in [-0.4, -0.2) is 82.0 Å². The highest BCUT2D eigenvalue weighted by atomic mass is 31.2. The molecule has 0 spiro atoms. The van der Waals surface area contributed by atoms with Gasteiger partial charge in [-0.1, -0.05) is 65.7 Å². The van der Waals surface area contributed by atoms with Gasteiger partial charge in [0.05, 0.1) is 13.2 Å². The van der Waals surface area contributed by atoms with Gasteiger partial charge in [0.2, 0.25) is 19.2 Å². The summed E-state index contributed by atoms with van der Waals surface area (Å²) in [6, 6.07) is 4.00. The predicted molar refractivity (Wildman–Crippen MR) is 176 cm³/mol. The summed E-state index contributed by atoms with van der Waals surface area (Å²) < 4.78 is 24.5. The van der Waals surface area contributed by atoms with Gasteiger partial charge >= 0.3 is 12.2 Å². The number of ether oxygens (including phenoxy) is 2. The number of alkyl carbamates (subject to hydrolysis) is 1. The van der Waals surface area contributed by atoms with Gasteiger partial charge in [0.25, 0.3) is 0 Å². The first-order valence-electron chi connectivity index (χ1n) is 17.0. The zero-order valence-corrected chi connectivity index (χ0v) is 29.4. The summed E-state index contributed by atoms with van der Waals surface area (Å²) in [5.74, 6) is -1.14. The van der Waals surface area contributed by atoms with E-state index < -0.39 is 60.3 Å². The van der Waals surface area contributed by atoms with Gasteiger partial charge in [-0.2, -0.15) is 0 Å². The first-order chi connectivity index (χ1) is 22.0. The van der Waals surface area contributed by atoms with E-state index >= 15 is 0 Å². The molecule has 1 saturated heterocycles. The van der Waals surface area contributed by atoms with Crippen LogP contribution in [0.15, 0.2) is 18.2 Å². The maximum Gasteiger partial charge on any atom is 0.410 e. The van der Waals surface area contributed by atoms with Crippen LogP contribution in [0.5, 0.6) is 0 Å². The Balaban J connectivity index is 1.44. The standard InChI is InChI=1S/C34H51N4O8P/c1-7-24-16-34(24,47(6,43)44)36-29(39)27-15-25-18-38(27)30(40)28(33(3,4)5)35-31(41)45-20-21(2)11-8-9-12-22-13-10-14-23-17-37(19-26(22)23)32(42)46-25/h10,13-14,21,24-25,27-28H,7-9,11-12,15-20H2,1-6H3,(H,35,41)(H,36,39)(H,43,44)/t21-,24+,25+,27-,28+,34-/m0/s1. The zero-order valence-electron chi connectivity index (χ0n) is 28.5. The molecule has 7 atom stereocenters. The van der Waals surface area contributed by atoms with Crippen molar-refractivity contribution in [1.82, 2.24) is 20.4 Å². The number of benzene rings is 1. The highest BCUT2D eigenvalue weighted by molar-refractivity contribution is 7.59. The number of carbonyl (C=O) groups is 4. The second-order valence-corrected chi connectivity index (χ2v) is 17.7. The Kier molecular flexibility index (Phi) is 10.1. The van der Waals surface area contributed by atoms with Crippen molar-refractivity contribution in [3.8, 4) is 0 Å². The monoisotopic (exact) mass is 674 g/mol. The van der Waals surface area contributed by atoms with Crippen LogP contribution in [0.1, 0.15) is 89.8 Å². The molecule has 1 aliphatic carbocycles. The van der Waals surface area contributed by atoms with E-state index in [4.69, 9.17) is 9.47 Å². The van der Waals surface area contributed by atoms with Crippen molar-refractivity contribution in [1.29, 1.82) is 0 Å². The summed E-state index contributed by atoms with van der Waals surface area (Å²) in [5.41, 5.74) is 2.66. The molecule has 0 aromatic heterocycles. The maximum absolute atomic E-state index is 14.3. The fraction of sp³-hybridized carbons (Fsp3) is 0.706. The number of amides is 4. The highest BCUT2D eigenvalue weighted by Gasteiger charge is 2.64. The quantitative estimate of drug-likeness (QED) is 0.387. The number of hydrogen-bond donors (Lipinski definition) is 3. The van der Waals surface area contributed by atoms with Crippen LogP contribution in [0.2, 0.25) is 0 Å². The Bertz CT molecular complexity index is 1440. The van der Waals surface area contributed by atoms with E-state index in [1.165, 1.54) is 17.1 Å². The van der Waals surface area contributed by atoms with Crippen LogP contribution >= 0.6 is 7.37 Å². The molecule has 1 saturated carbocycles. The minimum absolute atomic E-state index is 0.0144. The predicted octanol–water partition coefficient (Wildman–Crippen LogP) is 4.75. The number of fused-ring (bicyclic) bond motifs is 3. The largest absolute Gasteiger partial charge is 0.449 e. The van der Waals surface area contributed by atoms with Crippen molar-refractivity contribution in [2.45, 2.75) is 116 Å². The summed E-state index contributed by atoms with van der Waals surface area (Å²) in [6.07, 6.45) is 2.61. The molecule has 4 amide bonds. The molecule has 47 heavy (non-hydrogen) atoms. The molecule has 1 unspecified atom stereocenters. The van der Waals surface area contributed by atoms with Crippen LogP contribution in [0.4, 0.5) is 9.59 Å². The van der Waals surface area contributed by atoms with Gasteiger partial charge < -0.3 is 29.9 Å². The molecular formula is C34H51N4O8P. The molecule has 0 radical (unpaired) electrons. The van der Waals surface area contributed by atoms with Crippen LogP contribution in [0.25, 0.3) is 0 Å². The smallest absolute Gasteiger partial charge is 0.410 e. The van der Waals surface area contributed by atoms with Crippen molar-refractivity contribution in [2.24, 2.45) is 17.3 Å². The van der Waals surface area contributed by atoms with Gasteiger partial charge in [-0.25, -0.2) is 9.59 Å². The third kappa shape index (κ3) is 7.48. The molecular weight excluding hydrogens is 623 g/mol. The lowest BCUT2D eigenvalue weighted by molar-refractivity contribution is -0.142. The number of hydrogen-bond acceptors (Lipinski definition) is 7.